The van der Waals surface area contributed by atoms with Gasteiger partial charge in [0.05, 0.1) is 11.0 Å². The van der Waals surface area contributed by atoms with Crippen LogP contribution in [0.1, 0.15) is 62.9 Å². The van der Waals surface area contributed by atoms with E-state index in [9.17, 15) is 22.8 Å². The Hall–Kier alpha value is -3.76. The molecule has 1 heterocycles. The Morgan fingerprint density at radius 1 is 1.19 bits per heavy atom. The number of amides is 1. The number of ether oxygens (including phenoxy) is 1. The molecule has 1 fully saturated rings. The Kier molecular flexibility index (Phi) is 7.07. The Morgan fingerprint density at radius 3 is 2.51 bits per heavy atom. The molecular formula is C26H29F3N4O4. The van der Waals surface area contributed by atoms with Crippen LogP contribution in [0.3, 0.4) is 0 Å². The second kappa shape index (κ2) is 9.95. The van der Waals surface area contributed by atoms with Gasteiger partial charge in [0.25, 0.3) is 5.91 Å². The minimum absolute atomic E-state index is 0.121. The lowest BCUT2D eigenvalue weighted by molar-refractivity contribution is -0.274. The number of imidazole rings is 1. The molecule has 0 saturated heterocycles. The zero-order chi connectivity index (χ0) is 27.0. The summed E-state index contributed by atoms with van der Waals surface area (Å²) in [6, 6.07) is 9.49. The minimum Gasteiger partial charge on any atom is -0.480 e. The van der Waals surface area contributed by atoms with E-state index in [1.54, 1.807) is 18.2 Å². The first-order chi connectivity index (χ1) is 17.3. The summed E-state index contributed by atoms with van der Waals surface area (Å²) in [6.07, 6.45) is -0.799. The van der Waals surface area contributed by atoms with Crippen LogP contribution in [-0.2, 0) is 4.79 Å². The highest BCUT2D eigenvalue weighted by Crippen LogP contribution is 2.43. The van der Waals surface area contributed by atoms with Crippen molar-refractivity contribution >= 4 is 34.5 Å². The molecule has 0 spiro atoms. The number of benzene rings is 2. The van der Waals surface area contributed by atoms with Crippen molar-refractivity contribution in [2.75, 3.05) is 5.32 Å². The third-order valence-electron chi connectivity index (χ3n) is 6.56. The van der Waals surface area contributed by atoms with E-state index in [0.717, 1.165) is 31.2 Å². The van der Waals surface area contributed by atoms with Crippen molar-refractivity contribution in [1.29, 1.82) is 0 Å². The van der Waals surface area contributed by atoms with Gasteiger partial charge in [-0.25, -0.2) is 4.98 Å². The lowest BCUT2D eigenvalue weighted by Crippen LogP contribution is -2.38. The molecule has 1 aliphatic rings. The summed E-state index contributed by atoms with van der Waals surface area (Å²) >= 11 is 0. The first-order valence-electron chi connectivity index (χ1n) is 12.0. The summed E-state index contributed by atoms with van der Waals surface area (Å²) in [7, 11) is 0. The van der Waals surface area contributed by atoms with Crippen molar-refractivity contribution in [3.8, 4) is 5.75 Å². The molecule has 0 bridgehead atoms. The third kappa shape index (κ3) is 6.33. The predicted molar refractivity (Wildman–Crippen MR) is 132 cm³/mol. The maximum Gasteiger partial charge on any atom is 0.573 e. The van der Waals surface area contributed by atoms with E-state index in [0.29, 0.717) is 17.2 Å². The number of nitrogens with one attached hydrogen (secondary N) is 2. The molecule has 0 aliphatic heterocycles. The highest BCUT2D eigenvalue weighted by Gasteiger charge is 2.32. The number of hydrogen-bond donors (Lipinski definition) is 3. The molecule has 198 valence electrons. The Morgan fingerprint density at radius 2 is 1.89 bits per heavy atom. The van der Waals surface area contributed by atoms with Crippen molar-refractivity contribution < 1.29 is 32.6 Å². The topological polar surface area (TPSA) is 105 Å². The molecule has 11 heteroatoms. The summed E-state index contributed by atoms with van der Waals surface area (Å²) in [5, 5.41) is 14.7. The number of nitrogens with zero attached hydrogens (tertiary/aromatic N) is 2. The first-order valence-corrected chi connectivity index (χ1v) is 12.0. The van der Waals surface area contributed by atoms with Gasteiger partial charge in [-0.1, -0.05) is 20.3 Å². The second-order valence-electron chi connectivity index (χ2n) is 10.2. The highest BCUT2D eigenvalue weighted by atomic mass is 19.4. The molecule has 1 aromatic heterocycles. The van der Waals surface area contributed by atoms with Crippen molar-refractivity contribution in [2.24, 2.45) is 5.41 Å². The zero-order valence-electron chi connectivity index (χ0n) is 20.7. The predicted octanol–water partition coefficient (Wildman–Crippen LogP) is 6.02. The van der Waals surface area contributed by atoms with Gasteiger partial charge in [-0.15, -0.1) is 13.2 Å². The number of halogens is 3. The van der Waals surface area contributed by atoms with Crippen LogP contribution in [0.2, 0.25) is 0 Å². The van der Waals surface area contributed by atoms with Crippen LogP contribution >= 0.6 is 0 Å². The Labute approximate surface area is 211 Å². The van der Waals surface area contributed by atoms with Gasteiger partial charge in [0.15, 0.2) is 0 Å². The van der Waals surface area contributed by atoms with Crippen molar-refractivity contribution in [2.45, 2.75) is 64.9 Å². The molecule has 37 heavy (non-hydrogen) atoms. The maximum atomic E-state index is 12.6. The average molecular weight is 519 g/mol. The van der Waals surface area contributed by atoms with Gasteiger partial charge in [0, 0.05) is 17.3 Å². The average Bonchev–Trinajstić information content (AvgIpc) is 3.15. The maximum absolute atomic E-state index is 12.6. The Bertz CT molecular complexity index is 1300. The lowest BCUT2D eigenvalue weighted by atomic mass is 9.75. The van der Waals surface area contributed by atoms with Crippen molar-refractivity contribution in [3.63, 3.8) is 0 Å². The number of fused-ring (bicyclic) bond motifs is 1. The summed E-state index contributed by atoms with van der Waals surface area (Å²) < 4.78 is 43.6. The first kappa shape index (κ1) is 26.3. The molecule has 0 unspecified atom stereocenters. The molecule has 1 saturated carbocycles. The quantitative estimate of drug-likeness (QED) is 0.353. The molecule has 2 aromatic carbocycles. The number of carboxylic acids is 1. The van der Waals surface area contributed by atoms with Crippen LogP contribution in [-0.4, -0.2) is 38.9 Å². The zero-order valence-corrected chi connectivity index (χ0v) is 20.7. The van der Waals surface area contributed by atoms with E-state index < -0.39 is 24.3 Å². The van der Waals surface area contributed by atoms with Gasteiger partial charge in [0.1, 0.15) is 11.8 Å². The second-order valence-corrected chi connectivity index (χ2v) is 10.2. The Balaban J connectivity index is 1.69. The van der Waals surface area contributed by atoms with Gasteiger partial charge in [-0.3, -0.25) is 9.59 Å². The van der Waals surface area contributed by atoms with E-state index in [-0.39, 0.29) is 22.8 Å². The van der Waals surface area contributed by atoms with E-state index in [2.05, 4.69) is 33.8 Å². The molecule has 3 N–H and O–H groups in total. The van der Waals surface area contributed by atoms with E-state index in [4.69, 9.17) is 10.1 Å². The molecule has 4 rings (SSSR count). The van der Waals surface area contributed by atoms with E-state index in [1.807, 2.05) is 0 Å². The molecular weight excluding hydrogens is 489 g/mol. The number of anilines is 2. The lowest BCUT2D eigenvalue weighted by Gasteiger charge is -2.36. The molecule has 8 nitrogen and oxygen atoms in total. The fraction of sp³-hybridized carbons (Fsp3) is 0.423. The van der Waals surface area contributed by atoms with Crippen LogP contribution < -0.4 is 15.4 Å². The van der Waals surface area contributed by atoms with Gasteiger partial charge >= 0.3 is 12.3 Å². The van der Waals surface area contributed by atoms with Crippen LogP contribution in [0.5, 0.6) is 5.75 Å². The molecule has 1 aliphatic carbocycles. The number of rotatable bonds is 7. The van der Waals surface area contributed by atoms with Gasteiger partial charge in [-0.05, 0) is 74.1 Å². The smallest absolute Gasteiger partial charge is 0.480 e. The normalized spacial score (nSPS) is 18.3. The van der Waals surface area contributed by atoms with E-state index in [1.165, 1.54) is 31.2 Å². The van der Waals surface area contributed by atoms with E-state index >= 15 is 0 Å². The number of carboxylic acid groups (broad SMARTS) is 1. The molecule has 0 radical (unpaired) electrons. The standard InChI is InChI=1S/C26H29F3N4O4/c1-15(23(35)36)30-22(34)16-6-11-21-20(13-16)32-24(33(21)18-5-4-12-25(2,3)14-18)31-17-7-9-19(10-8-17)37-26(27,28)29/h6-11,13,15,18H,4-5,12,14H2,1-3H3,(H,30,34)(H,31,32)(H,35,36)/t15-,18-/m0/s1. The number of alkyl halides is 3. The number of carbonyl (C=O) groups excluding carboxylic acids is 1. The molecule has 2 atom stereocenters. The van der Waals surface area contributed by atoms with Crippen molar-refractivity contribution in [1.82, 2.24) is 14.9 Å². The number of carbonyl (C=O) groups is 2. The highest BCUT2D eigenvalue weighted by molar-refractivity contribution is 5.99. The van der Waals surface area contributed by atoms with Crippen LogP contribution in [0.15, 0.2) is 42.5 Å². The number of aliphatic carboxylic acids is 1. The fourth-order valence-electron chi connectivity index (χ4n) is 4.79. The largest absolute Gasteiger partial charge is 0.573 e. The SMILES string of the molecule is C[C@H](NC(=O)c1ccc2c(c1)nc(Nc1ccc(OC(F)(F)F)cc1)n2[C@H]1CCCC(C)(C)C1)C(=O)O. The summed E-state index contributed by atoms with van der Waals surface area (Å²) in [5.74, 6) is -1.50. The molecule has 3 aromatic rings. The van der Waals surface area contributed by atoms with Crippen molar-refractivity contribution in [3.05, 3.63) is 48.0 Å². The molecule has 1 amide bonds. The van der Waals surface area contributed by atoms with Gasteiger partial charge in [-0.2, -0.15) is 0 Å². The number of hydrogen-bond acceptors (Lipinski definition) is 5. The fourth-order valence-corrected chi connectivity index (χ4v) is 4.79. The minimum atomic E-state index is -4.77. The van der Waals surface area contributed by atoms with Crippen LogP contribution in [0.25, 0.3) is 11.0 Å². The number of aromatic nitrogens is 2. The monoisotopic (exact) mass is 518 g/mol. The van der Waals surface area contributed by atoms with Gasteiger partial charge in [0.2, 0.25) is 5.95 Å². The van der Waals surface area contributed by atoms with Crippen LogP contribution in [0.4, 0.5) is 24.8 Å². The summed E-state index contributed by atoms with van der Waals surface area (Å²) in [6.45, 7) is 5.82. The third-order valence-corrected chi connectivity index (χ3v) is 6.56. The van der Waals surface area contributed by atoms with Crippen LogP contribution in [0, 0.1) is 5.41 Å². The summed E-state index contributed by atoms with van der Waals surface area (Å²) in [5.41, 5.74) is 2.26. The van der Waals surface area contributed by atoms with Gasteiger partial charge < -0.3 is 25.0 Å². The summed E-state index contributed by atoms with van der Waals surface area (Å²) in [4.78, 5) is 28.4.